The summed E-state index contributed by atoms with van der Waals surface area (Å²) in [4.78, 5) is 14.9. The summed E-state index contributed by atoms with van der Waals surface area (Å²) >= 11 is 0.710. The van der Waals surface area contributed by atoms with Crippen LogP contribution in [0.3, 0.4) is 0 Å². The van der Waals surface area contributed by atoms with Crippen molar-refractivity contribution in [3.8, 4) is 0 Å². The van der Waals surface area contributed by atoms with E-state index in [1.807, 2.05) is 0 Å². The number of benzene rings is 1. The Balaban J connectivity index is 1.95. The summed E-state index contributed by atoms with van der Waals surface area (Å²) in [5.74, 6) is -1.08. The van der Waals surface area contributed by atoms with Gasteiger partial charge in [0.25, 0.3) is 0 Å². The molecule has 0 spiro atoms. The Morgan fingerprint density at radius 2 is 1.80 bits per heavy atom. The number of ketones is 1. The van der Waals surface area contributed by atoms with E-state index in [1.165, 1.54) is 6.26 Å². The SMILES string of the molecule is CSc1cc(C(F)(F)F)cc(C(F)(F)F)c1C(=O)C[C@@H]1COCC[C@H]1N1CCCC1. The summed E-state index contributed by atoms with van der Waals surface area (Å²) in [5.41, 5.74) is -3.61. The molecule has 2 atom stereocenters. The van der Waals surface area contributed by atoms with E-state index in [4.69, 9.17) is 4.74 Å². The molecular formula is C20H23F6NO2S. The molecule has 2 aliphatic heterocycles. The van der Waals surface area contributed by atoms with Gasteiger partial charge in [0.15, 0.2) is 5.78 Å². The van der Waals surface area contributed by atoms with E-state index in [2.05, 4.69) is 4.90 Å². The van der Waals surface area contributed by atoms with Gasteiger partial charge in [-0.3, -0.25) is 9.69 Å². The van der Waals surface area contributed by atoms with E-state index in [0.717, 1.165) is 25.9 Å². The van der Waals surface area contributed by atoms with Crippen LogP contribution in [0.15, 0.2) is 17.0 Å². The fraction of sp³-hybridized carbons (Fsp3) is 0.650. The van der Waals surface area contributed by atoms with Crippen LogP contribution in [0.25, 0.3) is 0 Å². The number of Topliss-reactive ketones (excluding diaryl/α,β-unsaturated/α-hetero) is 1. The molecule has 3 nitrogen and oxygen atoms in total. The fourth-order valence-corrected chi connectivity index (χ4v) is 5.00. The van der Waals surface area contributed by atoms with Gasteiger partial charge < -0.3 is 4.74 Å². The molecule has 0 unspecified atom stereocenters. The first kappa shape index (κ1) is 23.4. The Bertz CT molecular complexity index is 774. The second-order valence-electron chi connectivity index (χ2n) is 7.66. The zero-order chi connectivity index (χ0) is 22.1. The highest BCUT2D eigenvalue weighted by molar-refractivity contribution is 7.98. The van der Waals surface area contributed by atoms with Crippen LogP contribution in [0.4, 0.5) is 26.3 Å². The molecule has 30 heavy (non-hydrogen) atoms. The van der Waals surface area contributed by atoms with Gasteiger partial charge in [0, 0.05) is 35.4 Å². The molecule has 2 fully saturated rings. The molecule has 3 rings (SSSR count). The Kier molecular flexibility index (Phi) is 7.08. The number of hydrogen-bond acceptors (Lipinski definition) is 4. The first-order chi connectivity index (χ1) is 14.0. The van der Waals surface area contributed by atoms with Gasteiger partial charge in [-0.2, -0.15) is 26.3 Å². The molecular weight excluding hydrogens is 432 g/mol. The monoisotopic (exact) mass is 455 g/mol. The van der Waals surface area contributed by atoms with Gasteiger partial charge in [0.2, 0.25) is 0 Å². The molecule has 2 saturated heterocycles. The number of likely N-dealkylation sites (tertiary alicyclic amines) is 1. The van der Waals surface area contributed by atoms with E-state index in [0.29, 0.717) is 30.9 Å². The van der Waals surface area contributed by atoms with E-state index in [1.54, 1.807) is 0 Å². The summed E-state index contributed by atoms with van der Waals surface area (Å²) < 4.78 is 85.7. The van der Waals surface area contributed by atoms with Crippen LogP contribution in [0.1, 0.15) is 47.2 Å². The number of nitrogens with zero attached hydrogens (tertiary/aromatic N) is 1. The third kappa shape index (κ3) is 5.13. The lowest BCUT2D eigenvalue weighted by molar-refractivity contribution is -0.143. The van der Waals surface area contributed by atoms with E-state index < -0.39 is 34.8 Å². The second kappa shape index (κ2) is 9.08. The minimum absolute atomic E-state index is 0.0340. The van der Waals surface area contributed by atoms with Gasteiger partial charge in [-0.1, -0.05) is 0 Å². The van der Waals surface area contributed by atoms with Crippen molar-refractivity contribution >= 4 is 17.5 Å². The average Bonchev–Trinajstić information content (AvgIpc) is 3.20. The lowest BCUT2D eigenvalue weighted by atomic mass is 9.86. The number of thioether (sulfide) groups is 1. The molecule has 0 aliphatic carbocycles. The lowest BCUT2D eigenvalue weighted by Gasteiger charge is -2.37. The van der Waals surface area contributed by atoms with Crippen molar-refractivity contribution < 1.29 is 35.9 Å². The average molecular weight is 455 g/mol. The normalized spacial score (nSPS) is 23.7. The van der Waals surface area contributed by atoms with Gasteiger partial charge in [-0.25, -0.2) is 0 Å². The van der Waals surface area contributed by atoms with Crippen molar-refractivity contribution in [2.24, 2.45) is 5.92 Å². The van der Waals surface area contributed by atoms with Crippen LogP contribution < -0.4 is 0 Å². The summed E-state index contributed by atoms with van der Waals surface area (Å²) in [5, 5.41) is 0. The van der Waals surface area contributed by atoms with Crippen molar-refractivity contribution in [2.45, 2.75) is 49.0 Å². The smallest absolute Gasteiger partial charge is 0.381 e. The van der Waals surface area contributed by atoms with E-state index in [9.17, 15) is 31.1 Å². The molecule has 168 valence electrons. The molecule has 0 bridgehead atoms. The predicted molar refractivity (Wildman–Crippen MR) is 101 cm³/mol. The van der Waals surface area contributed by atoms with Gasteiger partial charge in [-0.05, 0) is 50.7 Å². The summed E-state index contributed by atoms with van der Waals surface area (Å²) in [7, 11) is 0. The number of carbonyl (C=O) groups is 1. The highest BCUT2D eigenvalue weighted by Gasteiger charge is 2.42. The molecule has 2 heterocycles. The first-order valence-corrected chi connectivity index (χ1v) is 11.0. The molecule has 1 aromatic rings. The number of alkyl halides is 6. The number of rotatable bonds is 5. The highest BCUT2D eigenvalue weighted by atomic mass is 32.2. The maximum absolute atomic E-state index is 13.6. The number of hydrogen-bond donors (Lipinski definition) is 0. The molecule has 10 heteroatoms. The molecule has 0 N–H and O–H groups in total. The van der Waals surface area contributed by atoms with Crippen LogP contribution in [0, 0.1) is 5.92 Å². The first-order valence-electron chi connectivity index (χ1n) is 9.73. The van der Waals surface area contributed by atoms with Crippen LogP contribution in [-0.4, -0.2) is 49.3 Å². The van der Waals surface area contributed by atoms with Crippen molar-refractivity contribution in [3.63, 3.8) is 0 Å². The number of ether oxygens (including phenoxy) is 1. The largest absolute Gasteiger partial charge is 0.417 e. The predicted octanol–water partition coefficient (Wildman–Crippen LogP) is 5.52. The zero-order valence-corrected chi connectivity index (χ0v) is 17.2. The number of carbonyl (C=O) groups excluding carboxylic acids is 1. The highest BCUT2D eigenvalue weighted by Crippen LogP contribution is 2.42. The summed E-state index contributed by atoms with van der Waals surface area (Å²) in [6.45, 7) is 2.53. The molecule has 2 aliphatic rings. The summed E-state index contributed by atoms with van der Waals surface area (Å²) in [6, 6.07) is 0.705. The van der Waals surface area contributed by atoms with Crippen LogP contribution in [0.2, 0.25) is 0 Å². The maximum Gasteiger partial charge on any atom is 0.417 e. The molecule has 0 aromatic heterocycles. The van der Waals surface area contributed by atoms with Crippen LogP contribution in [-0.2, 0) is 17.1 Å². The Morgan fingerprint density at radius 1 is 1.13 bits per heavy atom. The van der Waals surface area contributed by atoms with E-state index >= 15 is 0 Å². The van der Waals surface area contributed by atoms with Crippen LogP contribution in [0.5, 0.6) is 0 Å². The Labute approximate surface area is 175 Å². The van der Waals surface area contributed by atoms with Gasteiger partial charge in [-0.15, -0.1) is 11.8 Å². The standard InChI is InChI=1S/C20H23F6NO2S/c1-30-17-10-13(19(21,22)23)9-14(20(24,25)26)18(17)16(28)8-12-11-29-7-4-15(12)27-5-2-3-6-27/h9-10,12,15H,2-8,11H2,1H3/t12-,15-/m1/s1. The lowest BCUT2D eigenvalue weighted by Crippen LogP contribution is -2.45. The third-order valence-electron chi connectivity index (χ3n) is 5.72. The van der Waals surface area contributed by atoms with E-state index in [-0.39, 0.29) is 35.9 Å². The minimum Gasteiger partial charge on any atom is -0.381 e. The summed E-state index contributed by atoms with van der Waals surface area (Å²) in [6.07, 6.45) is -6.09. The zero-order valence-electron chi connectivity index (χ0n) is 16.4. The Hall–Kier alpha value is -1.26. The molecule has 1 aromatic carbocycles. The van der Waals surface area contributed by atoms with Crippen molar-refractivity contribution in [1.29, 1.82) is 0 Å². The second-order valence-corrected chi connectivity index (χ2v) is 8.51. The molecule has 0 amide bonds. The minimum atomic E-state index is -5.08. The fourth-order valence-electron chi connectivity index (χ4n) is 4.33. The van der Waals surface area contributed by atoms with Crippen molar-refractivity contribution in [3.05, 3.63) is 28.8 Å². The van der Waals surface area contributed by atoms with Crippen molar-refractivity contribution in [1.82, 2.24) is 4.90 Å². The van der Waals surface area contributed by atoms with Crippen LogP contribution >= 0.6 is 11.8 Å². The third-order valence-corrected chi connectivity index (χ3v) is 6.49. The Morgan fingerprint density at radius 3 is 2.37 bits per heavy atom. The topological polar surface area (TPSA) is 29.5 Å². The maximum atomic E-state index is 13.6. The van der Waals surface area contributed by atoms with Crippen molar-refractivity contribution in [2.75, 3.05) is 32.6 Å². The molecule has 0 saturated carbocycles. The van der Waals surface area contributed by atoms with Gasteiger partial charge in [0.05, 0.1) is 17.7 Å². The number of halogens is 6. The van der Waals surface area contributed by atoms with Gasteiger partial charge >= 0.3 is 12.4 Å². The quantitative estimate of drug-likeness (QED) is 0.332. The molecule has 0 radical (unpaired) electrons. The van der Waals surface area contributed by atoms with Gasteiger partial charge in [0.1, 0.15) is 0 Å².